The molecule has 0 amide bonds. The van der Waals surface area contributed by atoms with Gasteiger partial charge in [-0.1, -0.05) is 26.8 Å². The van der Waals surface area contributed by atoms with E-state index in [9.17, 15) is 4.79 Å². The van der Waals surface area contributed by atoms with Gasteiger partial charge in [0.25, 0.3) is 5.56 Å². The largest absolute Gasteiger partial charge is 0.307 e. The Hall–Kier alpha value is -2.47. The molecule has 4 rings (SSSR count). The van der Waals surface area contributed by atoms with Crippen LogP contribution in [0.3, 0.4) is 0 Å². The minimum absolute atomic E-state index is 0.0621. The Balaban J connectivity index is 1.33. The predicted molar refractivity (Wildman–Crippen MR) is 110 cm³/mol. The SMILES string of the molecule is CC(C)(C)c1cc(=O)n(CC2CCN(Cc3cn4ccccc4n3)CC2)cn1. The van der Waals surface area contributed by atoms with E-state index in [0.717, 1.165) is 56.1 Å². The van der Waals surface area contributed by atoms with Crippen LogP contribution in [0.4, 0.5) is 0 Å². The molecule has 0 spiro atoms. The van der Waals surface area contributed by atoms with E-state index in [-0.39, 0.29) is 11.0 Å². The van der Waals surface area contributed by atoms with Gasteiger partial charge in [-0.3, -0.25) is 14.3 Å². The van der Waals surface area contributed by atoms with E-state index in [0.29, 0.717) is 5.92 Å². The van der Waals surface area contributed by atoms with Crippen LogP contribution in [0, 0.1) is 5.92 Å². The third kappa shape index (κ3) is 4.17. The van der Waals surface area contributed by atoms with Crippen molar-refractivity contribution in [3.8, 4) is 0 Å². The van der Waals surface area contributed by atoms with Gasteiger partial charge in [0, 0.05) is 37.0 Å². The Morgan fingerprint density at radius 2 is 1.96 bits per heavy atom. The van der Waals surface area contributed by atoms with E-state index in [1.807, 2.05) is 24.4 Å². The first-order valence-electron chi connectivity index (χ1n) is 10.1. The van der Waals surface area contributed by atoms with Crippen LogP contribution in [-0.4, -0.2) is 36.9 Å². The predicted octanol–water partition coefficient (Wildman–Crippen LogP) is 3.10. The summed E-state index contributed by atoms with van der Waals surface area (Å²) in [4.78, 5) is 24.1. The molecule has 1 aliphatic rings. The van der Waals surface area contributed by atoms with Crippen LogP contribution in [0.25, 0.3) is 5.65 Å². The van der Waals surface area contributed by atoms with E-state index in [1.54, 1.807) is 17.0 Å². The smallest absolute Gasteiger partial charge is 0.253 e. The number of hydrogen-bond acceptors (Lipinski definition) is 4. The average molecular weight is 380 g/mol. The summed E-state index contributed by atoms with van der Waals surface area (Å²) >= 11 is 0. The molecule has 6 nitrogen and oxygen atoms in total. The van der Waals surface area contributed by atoms with Gasteiger partial charge in [0.1, 0.15) is 5.65 Å². The normalized spacial score (nSPS) is 16.7. The summed E-state index contributed by atoms with van der Waals surface area (Å²) in [5, 5.41) is 0. The van der Waals surface area contributed by atoms with Gasteiger partial charge < -0.3 is 4.40 Å². The number of hydrogen-bond donors (Lipinski definition) is 0. The molecule has 0 aliphatic carbocycles. The van der Waals surface area contributed by atoms with Crippen molar-refractivity contribution in [2.24, 2.45) is 5.92 Å². The molecule has 1 fully saturated rings. The molecule has 28 heavy (non-hydrogen) atoms. The number of pyridine rings is 1. The van der Waals surface area contributed by atoms with Gasteiger partial charge in [-0.2, -0.15) is 0 Å². The quantitative estimate of drug-likeness (QED) is 0.699. The third-order valence-corrected chi connectivity index (χ3v) is 5.61. The molecule has 0 unspecified atom stereocenters. The van der Waals surface area contributed by atoms with E-state index in [2.05, 4.69) is 41.3 Å². The van der Waals surface area contributed by atoms with Gasteiger partial charge in [-0.25, -0.2) is 9.97 Å². The van der Waals surface area contributed by atoms with Crippen molar-refractivity contribution < 1.29 is 0 Å². The Morgan fingerprint density at radius 1 is 1.18 bits per heavy atom. The monoisotopic (exact) mass is 379 g/mol. The molecule has 0 bridgehead atoms. The second-order valence-electron chi connectivity index (χ2n) is 8.93. The van der Waals surface area contributed by atoms with Crippen molar-refractivity contribution in [3.63, 3.8) is 0 Å². The zero-order valence-electron chi connectivity index (χ0n) is 17.0. The Labute approximate surface area is 165 Å². The first-order chi connectivity index (χ1) is 13.4. The van der Waals surface area contributed by atoms with Crippen molar-refractivity contribution in [1.82, 2.24) is 23.8 Å². The summed E-state index contributed by atoms with van der Waals surface area (Å²) in [6.07, 6.45) is 8.08. The molecule has 3 aromatic heterocycles. The molecule has 0 N–H and O–H groups in total. The molecule has 0 aromatic carbocycles. The molecule has 148 valence electrons. The summed E-state index contributed by atoms with van der Waals surface area (Å²) in [5.41, 5.74) is 2.94. The van der Waals surface area contributed by atoms with Crippen LogP contribution in [0.2, 0.25) is 0 Å². The van der Waals surface area contributed by atoms with Gasteiger partial charge in [-0.05, 0) is 44.0 Å². The Kier molecular flexibility index (Phi) is 5.06. The van der Waals surface area contributed by atoms with E-state index in [4.69, 9.17) is 4.98 Å². The fourth-order valence-corrected chi connectivity index (χ4v) is 3.87. The summed E-state index contributed by atoms with van der Waals surface area (Å²) in [7, 11) is 0. The number of nitrogens with zero attached hydrogens (tertiary/aromatic N) is 5. The molecule has 3 aromatic rings. The fraction of sp³-hybridized carbons (Fsp3) is 0.500. The van der Waals surface area contributed by atoms with Crippen molar-refractivity contribution >= 4 is 5.65 Å². The minimum Gasteiger partial charge on any atom is -0.307 e. The number of piperidine rings is 1. The lowest BCUT2D eigenvalue weighted by Crippen LogP contribution is -2.36. The highest BCUT2D eigenvalue weighted by atomic mass is 16.1. The van der Waals surface area contributed by atoms with Gasteiger partial charge in [0.15, 0.2) is 0 Å². The standard InChI is InChI=1S/C22H29N5O/c1-22(2,3)19-12-21(28)27(16-23-19)13-17-7-10-25(11-8-17)14-18-15-26-9-5-4-6-20(26)24-18/h4-6,9,12,15-17H,7-8,10-11,13-14H2,1-3H3. The maximum Gasteiger partial charge on any atom is 0.253 e. The summed E-state index contributed by atoms with van der Waals surface area (Å²) in [6.45, 7) is 9.98. The lowest BCUT2D eigenvalue weighted by Gasteiger charge is -2.31. The zero-order chi connectivity index (χ0) is 19.7. The first-order valence-corrected chi connectivity index (χ1v) is 10.1. The molecule has 0 atom stereocenters. The number of imidazole rings is 1. The summed E-state index contributed by atoms with van der Waals surface area (Å²) in [5.74, 6) is 0.525. The topological polar surface area (TPSA) is 55.4 Å². The highest BCUT2D eigenvalue weighted by Gasteiger charge is 2.22. The lowest BCUT2D eigenvalue weighted by atomic mass is 9.92. The van der Waals surface area contributed by atoms with Gasteiger partial charge in [-0.15, -0.1) is 0 Å². The van der Waals surface area contributed by atoms with Crippen LogP contribution in [0.1, 0.15) is 45.0 Å². The molecule has 1 saturated heterocycles. The molecule has 0 radical (unpaired) electrons. The summed E-state index contributed by atoms with van der Waals surface area (Å²) in [6, 6.07) is 7.77. The van der Waals surface area contributed by atoms with E-state index < -0.39 is 0 Å². The maximum atomic E-state index is 12.5. The molecule has 1 aliphatic heterocycles. The van der Waals surface area contributed by atoms with Crippen molar-refractivity contribution in [2.75, 3.05) is 13.1 Å². The Bertz CT molecular complexity index is 972. The fourth-order valence-electron chi connectivity index (χ4n) is 3.87. The highest BCUT2D eigenvalue weighted by Crippen LogP contribution is 2.21. The zero-order valence-corrected chi connectivity index (χ0v) is 17.0. The van der Waals surface area contributed by atoms with Crippen LogP contribution in [-0.2, 0) is 18.5 Å². The number of likely N-dealkylation sites (tertiary alicyclic amines) is 1. The van der Waals surface area contributed by atoms with E-state index in [1.165, 1.54) is 0 Å². The number of rotatable bonds is 4. The van der Waals surface area contributed by atoms with Crippen molar-refractivity contribution in [1.29, 1.82) is 0 Å². The number of aromatic nitrogens is 4. The number of fused-ring (bicyclic) bond motifs is 1. The minimum atomic E-state index is -0.0957. The third-order valence-electron chi connectivity index (χ3n) is 5.61. The maximum absolute atomic E-state index is 12.5. The van der Waals surface area contributed by atoms with Gasteiger partial charge >= 0.3 is 0 Å². The molecular weight excluding hydrogens is 350 g/mol. The van der Waals surface area contributed by atoms with Crippen LogP contribution in [0.15, 0.2) is 47.8 Å². The second-order valence-corrected chi connectivity index (χ2v) is 8.93. The van der Waals surface area contributed by atoms with E-state index >= 15 is 0 Å². The highest BCUT2D eigenvalue weighted by molar-refractivity contribution is 5.39. The Morgan fingerprint density at radius 3 is 2.64 bits per heavy atom. The van der Waals surface area contributed by atoms with Crippen LogP contribution < -0.4 is 5.56 Å². The lowest BCUT2D eigenvalue weighted by molar-refractivity contribution is 0.165. The van der Waals surface area contributed by atoms with Crippen molar-refractivity contribution in [3.05, 3.63) is 64.7 Å². The first kappa shape index (κ1) is 18.9. The second kappa shape index (κ2) is 7.51. The van der Waals surface area contributed by atoms with Crippen LogP contribution >= 0.6 is 0 Å². The molecular formula is C22H29N5O. The molecule has 4 heterocycles. The summed E-state index contributed by atoms with van der Waals surface area (Å²) < 4.78 is 3.85. The average Bonchev–Trinajstić information content (AvgIpc) is 3.06. The van der Waals surface area contributed by atoms with Crippen molar-refractivity contribution in [2.45, 2.75) is 52.1 Å². The van der Waals surface area contributed by atoms with Gasteiger partial charge in [0.05, 0.1) is 17.7 Å². The van der Waals surface area contributed by atoms with Gasteiger partial charge in [0.2, 0.25) is 0 Å². The van der Waals surface area contributed by atoms with Crippen LogP contribution in [0.5, 0.6) is 0 Å². The molecule has 0 saturated carbocycles. The molecule has 6 heteroatoms.